The van der Waals surface area contributed by atoms with E-state index in [0.29, 0.717) is 23.6 Å². The lowest BCUT2D eigenvalue weighted by molar-refractivity contribution is 0.473. The van der Waals surface area contributed by atoms with Crippen LogP contribution in [0, 0.1) is 22.7 Å². The molecule has 4 nitrogen and oxygen atoms in total. The van der Waals surface area contributed by atoms with Crippen molar-refractivity contribution in [2.75, 3.05) is 5.75 Å². The Hall–Kier alpha value is -1.80. The number of fused-ring (bicyclic) bond motifs is 1. The second-order valence-electron chi connectivity index (χ2n) is 4.38. The van der Waals surface area contributed by atoms with Crippen molar-refractivity contribution >= 4 is 23.5 Å². The minimum absolute atomic E-state index is 0.0851. The van der Waals surface area contributed by atoms with Crippen molar-refractivity contribution in [3.63, 3.8) is 0 Å². The molecule has 0 amide bonds. The number of nitriles is 1. The zero-order chi connectivity index (χ0) is 13.3. The molecule has 1 N–H and O–H groups in total. The third-order valence-electron chi connectivity index (χ3n) is 2.90. The van der Waals surface area contributed by atoms with Crippen LogP contribution >= 0.6 is 11.8 Å². The lowest BCUT2D eigenvalue weighted by Crippen LogP contribution is -2.31. The first kappa shape index (κ1) is 12.7. The average Bonchev–Trinajstić information content (AvgIpc) is 2.38. The van der Waals surface area contributed by atoms with Crippen LogP contribution in [0.2, 0.25) is 0 Å². The van der Waals surface area contributed by atoms with Crippen LogP contribution in [0.5, 0.6) is 0 Å². The summed E-state index contributed by atoms with van der Waals surface area (Å²) in [5, 5.41) is 17.2. The Balaban J connectivity index is 2.70. The summed E-state index contributed by atoms with van der Waals surface area (Å²) in [4.78, 5) is 12.2. The molecule has 0 fully saturated rings. The van der Waals surface area contributed by atoms with Crippen LogP contribution in [-0.2, 0) is 6.54 Å². The quantitative estimate of drug-likeness (QED) is 0.827. The Bertz CT molecular complexity index is 624. The molecule has 1 unspecified atom stereocenters. The third-order valence-corrected chi connectivity index (χ3v) is 4.27. The van der Waals surface area contributed by atoms with E-state index in [1.165, 1.54) is 0 Å². The topological polar surface area (TPSA) is 69.6 Å². The van der Waals surface area contributed by atoms with Gasteiger partial charge in [-0.1, -0.05) is 13.5 Å². The number of rotatable bonds is 2. The molecular formula is C13H13N3OS. The van der Waals surface area contributed by atoms with Crippen LogP contribution in [0.1, 0.15) is 18.1 Å². The van der Waals surface area contributed by atoms with Crippen LogP contribution in [0.4, 0.5) is 0 Å². The number of hydrogen-bond acceptors (Lipinski definition) is 4. The second-order valence-corrected chi connectivity index (χ2v) is 5.42. The molecule has 1 aromatic heterocycles. The summed E-state index contributed by atoms with van der Waals surface area (Å²) in [6, 6.07) is 3.73. The van der Waals surface area contributed by atoms with Crippen LogP contribution in [0.3, 0.4) is 0 Å². The first-order valence-corrected chi connectivity index (χ1v) is 6.57. The number of aromatic nitrogens is 1. The van der Waals surface area contributed by atoms with Gasteiger partial charge in [-0.05, 0) is 17.6 Å². The number of thioether (sulfide) groups is 1. The zero-order valence-electron chi connectivity index (χ0n) is 10.1. The SMILES string of the molecule is C=C(C=N)c1cc2n(c(=O)c1C#N)CC(C)CS2. The minimum atomic E-state index is -0.271. The van der Waals surface area contributed by atoms with Gasteiger partial charge in [-0.15, -0.1) is 11.8 Å². The van der Waals surface area contributed by atoms with Crippen molar-refractivity contribution in [1.29, 1.82) is 10.7 Å². The Morgan fingerprint density at radius 3 is 3.11 bits per heavy atom. The highest BCUT2D eigenvalue weighted by Crippen LogP contribution is 2.29. The van der Waals surface area contributed by atoms with E-state index in [4.69, 9.17) is 10.7 Å². The maximum atomic E-state index is 12.2. The highest BCUT2D eigenvalue weighted by atomic mass is 32.2. The fraction of sp³-hybridized carbons (Fsp3) is 0.308. The summed E-state index contributed by atoms with van der Waals surface area (Å²) in [7, 11) is 0. The van der Waals surface area contributed by atoms with E-state index in [-0.39, 0.29) is 11.1 Å². The molecule has 0 aromatic carbocycles. The van der Waals surface area contributed by atoms with Crippen molar-refractivity contribution in [3.05, 3.63) is 34.1 Å². The first-order valence-electron chi connectivity index (χ1n) is 5.59. The lowest BCUT2D eigenvalue weighted by Gasteiger charge is -2.24. The van der Waals surface area contributed by atoms with Gasteiger partial charge in [-0.2, -0.15) is 5.26 Å². The summed E-state index contributed by atoms with van der Waals surface area (Å²) >= 11 is 1.61. The lowest BCUT2D eigenvalue weighted by atomic mass is 10.0. The van der Waals surface area contributed by atoms with E-state index in [2.05, 4.69) is 13.5 Å². The molecule has 0 saturated carbocycles. The van der Waals surface area contributed by atoms with Crippen molar-refractivity contribution < 1.29 is 0 Å². The van der Waals surface area contributed by atoms with Crippen LogP contribution in [-0.4, -0.2) is 16.5 Å². The van der Waals surface area contributed by atoms with Gasteiger partial charge in [0.15, 0.2) is 0 Å². The Morgan fingerprint density at radius 1 is 1.78 bits per heavy atom. The van der Waals surface area contributed by atoms with Crippen LogP contribution < -0.4 is 5.56 Å². The van der Waals surface area contributed by atoms with E-state index >= 15 is 0 Å². The molecular weight excluding hydrogens is 246 g/mol. The van der Waals surface area contributed by atoms with Gasteiger partial charge < -0.3 is 9.98 Å². The molecule has 0 radical (unpaired) electrons. The second kappa shape index (κ2) is 4.83. The fourth-order valence-electron chi connectivity index (χ4n) is 1.95. The van der Waals surface area contributed by atoms with Gasteiger partial charge >= 0.3 is 0 Å². The first-order chi connectivity index (χ1) is 8.58. The highest BCUT2D eigenvalue weighted by Gasteiger charge is 2.21. The van der Waals surface area contributed by atoms with Crippen LogP contribution in [0.15, 0.2) is 22.5 Å². The number of allylic oxidation sites excluding steroid dienone is 1. The summed E-state index contributed by atoms with van der Waals surface area (Å²) in [5.74, 6) is 1.38. The maximum absolute atomic E-state index is 12.2. The van der Waals surface area contributed by atoms with Gasteiger partial charge in [-0.3, -0.25) is 4.79 Å². The van der Waals surface area contributed by atoms with Gasteiger partial charge in [0.05, 0.1) is 5.03 Å². The Morgan fingerprint density at radius 2 is 2.50 bits per heavy atom. The summed E-state index contributed by atoms with van der Waals surface area (Å²) < 4.78 is 1.65. The maximum Gasteiger partial charge on any atom is 0.269 e. The predicted molar refractivity (Wildman–Crippen MR) is 73.1 cm³/mol. The molecule has 1 aliphatic rings. The van der Waals surface area contributed by atoms with E-state index in [9.17, 15) is 4.79 Å². The van der Waals surface area contributed by atoms with Crippen molar-refractivity contribution in [1.82, 2.24) is 4.57 Å². The Kier molecular flexibility index (Phi) is 3.39. The predicted octanol–water partition coefficient (Wildman–Crippen LogP) is 2.12. The number of nitrogens with zero attached hydrogens (tertiary/aromatic N) is 2. The van der Waals surface area contributed by atoms with Crippen LogP contribution in [0.25, 0.3) is 5.57 Å². The van der Waals surface area contributed by atoms with Crippen molar-refractivity contribution in [2.45, 2.75) is 18.5 Å². The molecule has 0 aliphatic carbocycles. The van der Waals surface area contributed by atoms with Gasteiger partial charge in [0.1, 0.15) is 11.6 Å². The van der Waals surface area contributed by atoms with E-state index in [0.717, 1.165) is 17.0 Å². The molecule has 5 heteroatoms. The summed E-state index contributed by atoms with van der Waals surface area (Å²) in [5.41, 5.74) is 0.686. The van der Waals surface area contributed by atoms with Gasteiger partial charge in [-0.25, -0.2) is 0 Å². The average molecular weight is 259 g/mol. The van der Waals surface area contributed by atoms with E-state index in [1.807, 2.05) is 6.07 Å². The molecule has 0 saturated heterocycles. The Labute approximate surface area is 109 Å². The molecule has 1 aromatic rings. The largest absolute Gasteiger partial charge is 0.308 e. The molecule has 92 valence electrons. The molecule has 1 atom stereocenters. The van der Waals surface area contributed by atoms with Crippen molar-refractivity contribution in [3.8, 4) is 6.07 Å². The summed E-state index contributed by atoms with van der Waals surface area (Å²) in [6.45, 7) is 6.43. The van der Waals surface area contributed by atoms with Gasteiger partial charge in [0.2, 0.25) is 0 Å². The van der Waals surface area contributed by atoms with Crippen molar-refractivity contribution in [2.24, 2.45) is 5.92 Å². The third kappa shape index (κ3) is 2.00. The number of pyridine rings is 1. The summed E-state index contributed by atoms with van der Waals surface area (Å²) in [6.07, 6.45) is 1.07. The fourth-order valence-corrected chi connectivity index (χ4v) is 3.02. The van der Waals surface area contributed by atoms with Gasteiger partial charge in [0.25, 0.3) is 5.56 Å². The smallest absolute Gasteiger partial charge is 0.269 e. The molecule has 1 aliphatic heterocycles. The minimum Gasteiger partial charge on any atom is -0.308 e. The van der Waals surface area contributed by atoms with E-state index in [1.54, 1.807) is 22.4 Å². The molecule has 0 spiro atoms. The molecule has 0 bridgehead atoms. The number of nitrogens with one attached hydrogen (secondary N) is 1. The number of hydrogen-bond donors (Lipinski definition) is 1. The molecule has 2 rings (SSSR count). The van der Waals surface area contributed by atoms with E-state index < -0.39 is 0 Å². The highest BCUT2D eigenvalue weighted by molar-refractivity contribution is 7.99. The monoisotopic (exact) mass is 259 g/mol. The zero-order valence-corrected chi connectivity index (χ0v) is 10.9. The molecule has 2 heterocycles. The normalized spacial score (nSPS) is 17.7. The van der Waals surface area contributed by atoms with Gasteiger partial charge in [0, 0.05) is 24.1 Å². The standard InChI is InChI=1S/C13H13N3OS/c1-8-6-16-12(18-7-8)3-10(9(2)4-14)11(5-15)13(16)17/h3-4,8,14H,2,6-7H2,1H3. The molecule has 18 heavy (non-hydrogen) atoms.